The van der Waals surface area contributed by atoms with Gasteiger partial charge < -0.3 is 14.6 Å². The maximum atomic E-state index is 13.0. The molecule has 2 aliphatic heterocycles. The summed E-state index contributed by atoms with van der Waals surface area (Å²) < 4.78 is 11.4. The Hall–Kier alpha value is -2.11. The number of ketones is 1. The molecule has 1 aromatic carbocycles. The summed E-state index contributed by atoms with van der Waals surface area (Å²) in [6, 6.07) is 1.36. The van der Waals surface area contributed by atoms with Crippen molar-refractivity contribution in [3.8, 4) is 5.75 Å². The van der Waals surface area contributed by atoms with E-state index in [1.165, 1.54) is 18.2 Å². The first-order valence-electron chi connectivity index (χ1n) is 9.54. The molecule has 0 aliphatic carbocycles. The lowest BCUT2D eigenvalue weighted by atomic mass is 9.96. The van der Waals surface area contributed by atoms with E-state index in [9.17, 15) is 14.7 Å². The minimum absolute atomic E-state index is 0.0482. The number of benzene rings is 1. The minimum atomic E-state index is -0.685. The van der Waals surface area contributed by atoms with Gasteiger partial charge in [0.2, 0.25) is 0 Å². The number of carbonyl (C=O) groups is 2. The van der Waals surface area contributed by atoms with E-state index in [4.69, 9.17) is 21.1 Å². The number of rotatable bonds is 2. The van der Waals surface area contributed by atoms with E-state index < -0.39 is 5.97 Å². The zero-order valence-corrected chi connectivity index (χ0v) is 16.9. The molecule has 150 valence electrons. The monoisotopic (exact) mass is 404 g/mol. The number of fused-ring (bicyclic) bond motifs is 2. The Labute approximate surface area is 170 Å². The summed E-state index contributed by atoms with van der Waals surface area (Å²) in [6.07, 6.45) is 6.65. The fourth-order valence-electron chi connectivity index (χ4n) is 3.49. The average Bonchev–Trinajstić information content (AvgIpc) is 3.38. The van der Waals surface area contributed by atoms with Crippen LogP contribution in [-0.2, 0) is 20.7 Å². The summed E-state index contributed by atoms with van der Waals surface area (Å²) in [4.78, 5) is 25.4. The molecule has 0 radical (unpaired) electrons. The normalized spacial score (nSPS) is 26.6. The Morgan fingerprint density at radius 3 is 2.75 bits per heavy atom. The van der Waals surface area contributed by atoms with Gasteiger partial charge in [-0.3, -0.25) is 4.79 Å². The molecular weight excluding hydrogens is 380 g/mol. The zero-order chi connectivity index (χ0) is 20.4. The topological polar surface area (TPSA) is 76.1 Å². The molecule has 28 heavy (non-hydrogen) atoms. The van der Waals surface area contributed by atoms with Crippen LogP contribution < -0.4 is 0 Å². The Morgan fingerprint density at radius 1 is 1.32 bits per heavy atom. The summed E-state index contributed by atoms with van der Waals surface area (Å²) >= 11 is 6.42. The molecule has 2 aliphatic rings. The van der Waals surface area contributed by atoms with E-state index in [0.29, 0.717) is 12.0 Å². The highest BCUT2D eigenvalue weighted by molar-refractivity contribution is 6.33. The maximum absolute atomic E-state index is 13.0. The quantitative estimate of drug-likeness (QED) is 0.580. The molecule has 0 saturated carbocycles. The van der Waals surface area contributed by atoms with E-state index in [1.807, 2.05) is 19.9 Å². The maximum Gasteiger partial charge on any atom is 0.342 e. The number of phenolic OH excluding ortho intramolecular Hbond substituents is 1. The third kappa shape index (κ3) is 4.47. The van der Waals surface area contributed by atoms with Crippen molar-refractivity contribution in [2.45, 2.75) is 57.8 Å². The lowest BCUT2D eigenvalue weighted by molar-refractivity contribution is -0.114. The minimum Gasteiger partial charge on any atom is -0.507 e. The highest BCUT2D eigenvalue weighted by Crippen LogP contribution is 2.36. The molecule has 1 aromatic rings. The lowest BCUT2D eigenvalue weighted by Gasteiger charge is -2.22. The van der Waals surface area contributed by atoms with Gasteiger partial charge in [-0.15, -0.1) is 0 Å². The SMILES string of the molecule is C=Cc1cc(O)c2c(c1Cl)CC(=O)/C=C/CCC1OC1C[C@@H](C(C)C)OC2=O. The van der Waals surface area contributed by atoms with Gasteiger partial charge in [0.25, 0.3) is 0 Å². The van der Waals surface area contributed by atoms with Gasteiger partial charge in [-0.25, -0.2) is 4.79 Å². The summed E-state index contributed by atoms with van der Waals surface area (Å²) in [5.74, 6) is -1.08. The first-order chi connectivity index (χ1) is 13.3. The predicted octanol–water partition coefficient (Wildman–Crippen LogP) is 4.49. The second kappa shape index (κ2) is 8.50. The zero-order valence-electron chi connectivity index (χ0n) is 16.1. The molecule has 6 heteroatoms. The molecule has 2 unspecified atom stereocenters. The number of cyclic esters (lactones) is 1. The Bertz CT molecular complexity index is 827. The number of esters is 1. The molecule has 0 aromatic heterocycles. The van der Waals surface area contributed by atoms with Crippen molar-refractivity contribution in [2.24, 2.45) is 5.92 Å². The summed E-state index contributed by atoms with van der Waals surface area (Å²) in [5.41, 5.74) is 0.655. The van der Waals surface area contributed by atoms with Gasteiger partial charge in [0.05, 0.1) is 17.2 Å². The third-order valence-electron chi connectivity index (χ3n) is 5.22. The van der Waals surface area contributed by atoms with Crippen molar-refractivity contribution < 1.29 is 24.2 Å². The molecule has 1 fully saturated rings. The Kier molecular flexibility index (Phi) is 6.26. The van der Waals surface area contributed by atoms with Crippen LogP contribution in [0.4, 0.5) is 0 Å². The van der Waals surface area contributed by atoms with Crippen LogP contribution in [0, 0.1) is 5.92 Å². The number of aromatic hydroxyl groups is 1. The van der Waals surface area contributed by atoms with Crippen LogP contribution in [0.25, 0.3) is 6.08 Å². The lowest BCUT2D eigenvalue weighted by Crippen LogP contribution is -2.27. The highest BCUT2D eigenvalue weighted by atomic mass is 35.5. The van der Waals surface area contributed by atoms with E-state index in [1.54, 1.807) is 0 Å². The van der Waals surface area contributed by atoms with Crippen molar-refractivity contribution in [2.75, 3.05) is 0 Å². The van der Waals surface area contributed by atoms with Gasteiger partial charge in [0.15, 0.2) is 5.78 Å². The van der Waals surface area contributed by atoms with Crippen LogP contribution in [0.2, 0.25) is 5.02 Å². The van der Waals surface area contributed by atoms with Crippen molar-refractivity contribution in [1.29, 1.82) is 0 Å². The molecule has 5 nitrogen and oxygen atoms in total. The van der Waals surface area contributed by atoms with Gasteiger partial charge in [0.1, 0.15) is 17.4 Å². The number of hydrogen-bond acceptors (Lipinski definition) is 5. The Balaban J connectivity index is 2.03. The van der Waals surface area contributed by atoms with Crippen molar-refractivity contribution >= 4 is 29.4 Å². The standard InChI is InChI=1S/C22H25ClO5/c1-4-13-9-16(25)20-15(21(13)23)10-14(24)7-5-6-8-17-19(27-17)11-18(12(2)3)28-22(20)26/h4-5,7,9,12,17-19,25H,1,6,8,10-11H2,2-3H3/b7-5+/t17?,18-,19?/m0/s1. The van der Waals surface area contributed by atoms with Crippen LogP contribution in [0.5, 0.6) is 5.75 Å². The number of phenols is 1. The van der Waals surface area contributed by atoms with Crippen LogP contribution in [-0.4, -0.2) is 35.2 Å². The van der Waals surface area contributed by atoms with Gasteiger partial charge in [-0.1, -0.05) is 44.2 Å². The summed E-state index contributed by atoms with van der Waals surface area (Å²) in [5, 5.41) is 10.7. The number of halogens is 1. The first-order valence-corrected chi connectivity index (χ1v) is 9.92. The van der Waals surface area contributed by atoms with Gasteiger partial charge in [0, 0.05) is 12.8 Å². The number of allylic oxidation sites excluding steroid dienone is 2. The molecule has 1 N–H and O–H groups in total. The molecule has 3 atom stereocenters. The molecule has 3 rings (SSSR count). The number of epoxide rings is 1. The van der Waals surface area contributed by atoms with E-state index in [-0.39, 0.29) is 58.3 Å². The third-order valence-corrected chi connectivity index (χ3v) is 5.67. The number of ether oxygens (including phenoxy) is 2. The molecule has 2 heterocycles. The fourth-order valence-corrected chi connectivity index (χ4v) is 3.79. The number of carbonyl (C=O) groups excluding carboxylic acids is 2. The smallest absolute Gasteiger partial charge is 0.342 e. The molecule has 0 bridgehead atoms. The van der Waals surface area contributed by atoms with Gasteiger partial charge in [-0.05, 0) is 42.0 Å². The predicted molar refractivity (Wildman–Crippen MR) is 108 cm³/mol. The average molecular weight is 405 g/mol. The van der Waals surface area contributed by atoms with Crippen molar-refractivity contribution in [3.05, 3.63) is 46.5 Å². The summed E-state index contributed by atoms with van der Waals surface area (Å²) in [7, 11) is 0. The second-order valence-electron chi connectivity index (χ2n) is 7.62. The van der Waals surface area contributed by atoms with E-state index in [2.05, 4.69) is 6.58 Å². The highest BCUT2D eigenvalue weighted by Gasteiger charge is 2.41. The molecule has 0 spiro atoms. The Morgan fingerprint density at radius 2 is 2.07 bits per heavy atom. The molecular formula is C22H25ClO5. The van der Waals surface area contributed by atoms with Gasteiger partial charge in [-0.2, -0.15) is 0 Å². The van der Waals surface area contributed by atoms with Crippen molar-refractivity contribution in [1.82, 2.24) is 0 Å². The van der Waals surface area contributed by atoms with Crippen LogP contribution >= 0.6 is 11.6 Å². The number of hydrogen-bond donors (Lipinski definition) is 1. The van der Waals surface area contributed by atoms with E-state index in [0.717, 1.165) is 12.8 Å². The van der Waals surface area contributed by atoms with Gasteiger partial charge >= 0.3 is 5.97 Å². The van der Waals surface area contributed by atoms with E-state index >= 15 is 0 Å². The van der Waals surface area contributed by atoms with Crippen LogP contribution in [0.15, 0.2) is 24.8 Å². The summed E-state index contributed by atoms with van der Waals surface area (Å²) in [6.45, 7) is 7.61. The van der Waals surface area contributed by atoms with Crippen LogP contribution in [0.3, 0.4) is 0 Å². The second-order valence-corrected chi connectivity index (χ2v) is 7.99. The fraction of sp³-hybridized carbons (Fsp3) is 0.455. The van der Waals surface area contributed by atoms with Crippen LogP contribution in [0.1, 0.15) is 54.6 Å². The largest absolute Gasteiger partial charge is 0.507 e. The molecule has 1 saturated heterocycles. The molecule has 0 amide bonds. The van der Waals surface area contributed by atoms with Crippen molar-refractivity contribution in [3.63, 3.8) is 0 Å². The first kappa shape index (κ1) is 20.6.